The monoisotopic (exact) mass is 487 g/mol. The quantitative estimate of drug-likeness (QED) is 0.653. The number of nitrogens with zero attached hydrogens (tertiary/aromatic N) is 3. The van der Waals surface area contributed by atoms with E-state index in [0.717, 1.165) is 11.3 Å². The number of rotatable bonds is 5. The predicted octanol–water partition coefficient (Wildman–Crippen LogP) is 3.52. The first kappa shape index (κ1) is 23.6. The molecule has 0 radical (unpaired) electrons. The zero-order valence-electron chi connectivity index (χ0n) is 15.8. The molecule has 1 saturated heterocycles. The minimum atomic E-state index is -5.39. The third-order valence-electron chi connectivity index (χ3n) is 4.73. The fourth-order valence-corrected chi connectivity index (χ4v) is 5.04. The molecule has 0 aliphatic carbocycles. The Balaban J connectivity index is 1.80. The van der Waals surface area contributed by atoms with E-state index in [2.05, 4.69) is 9.97 Å². The fourth-order valence-electron chi connectivity index (χ4n) is 3.29. The van der Waals surface area contributed by atoms with Crippen LogP contribution in [0, 0.1) is 12.8 Å². The van der Waals surface area contributed by atoms with Gasteiger partial charge in [-0.1, -0.05) is 0 Å². The lowest BCUT2D eigenvalue weighted by molar-refractivity contribution is -0.190. The Morgan fingerprint density at radius 1 is 1.19 bits per heavy atom. The molecule has 6 nitrogen and oxygen atoms in total. The van der Waals surface area contributed by atoms with E-state index in [1.165, 1.54) is 11.3 Å². The Hall–Kier alpha value is -2.06. The van der Waals surface area contributed by atoms with Crippen molar-refractivity contribution in [2.75, 3.05) is 6.54 Å². The smallest absolute Gasteiger partial charge is 0.389 e. The summed E-state index contributed by atoms with van der Waals surface area (Å²) in [4.78, 5) is 33.1. The van der Waals surface area contributed by atoms with Crippen LogP contribution in [0.2, 0.25) is 0 Å². The van der Waals surface area contributed by atoms with Gasteiger partial charge in [-0.3, -0.25) is 9.59 Å². The molecule has 0 saturated carbocycles. The summed E-state index contributed by atoms with van der Waals surface area (Å²) in [5, 5.41) is 11.4. The van der Waals surface area contributed by atoms with Gasteiger partial charge in [0.2, 0.25) is 0 Å². The highest BCUT2D eigenvalue weighted by Crippen LogP contribution is 2.39. The molecule has 1 aliphatic rings. The minimum Gasteiger partial charge on any atom is -0.389 e. The summed E-state index contributed by atoms with van der Waals surface area (Å²) in [5.41, 5.74) is 1.02. The number of hydrogen-bond acceptors (Lipinski definition) is 7. The normalized spacial score (nSPS) is 19.8. The number of carbonyl (C=O) groups is 2. The van der Waals surface area contributed by atoms with Gasteiger partial charge >= 0.3 is 18.3 Å². The van der Waals surface area contributed by atoms with E-state index < -0.39 is 55.4 Å². The zero-order valence-corrected chi connectivity index (χ0v) is 17.4. The number of aromatic nitrogens is 2. The molecule has 1 unspecified atom stereocenters. The summed E-state index contributed by atoms with van der Waals surface area (Å²) >= 11 is 2.19. The van der Waals surface area contributed by atoms with Crippen LogP contribution in [0.5, 0.6) is 0 Å². The van der Waals surface area contributed by atoms with Gasteiger partial charge in [0.05, 0.1) is 41.3 Å². The number of Topliss-reactive ketones (excluding diaryl/α,β-unsaturated/α-hetero) is 1. The maximum atomic E-state index is 13.1. The van der Waals surface area contributed by atoms with Crippen LogP contribution >= 0.6 is 22.7 Å². The van der Waals surface area contributed by atoms with Crippen molar-refractivity contribution in [3.63, 3.8) is 0 Å². The Morgan fingerprint density at radius 2 is 1.87 bits per heavy atom. The third-order valence-corrected chi connectivity index (χ3v) is 6.74. The molecule has 0 bridgehead atoms. The Morgan fingerprint density at radius 3 is 2.42 bits per heavy atom. The zero-order chi connectivity index (χ0) is 23.1. The van der Waals surface area contributed by atoms with Gasteiger partial charge in [-0.05, 0) is 13.3 Å². The van der Waals surface area contributed by atoms with Crippen molar-refractivity contribution in [2.45, 2.75) is 44.8 Å². The van der Waals surface area contributed by atoms with E-state index in [1.54, 1.807) is 12.3 Å². The van der Waals surface area contributed by atoms with Crippen LogP contribution < -0.4 is 0 Å². The summed E-state index contributed by atoms with van der Waals surface area (Å²) < 4.78 is 77.7. The molecule has 2 aromatic rings. The lowest BCUT2D eigenvalue weighted by Gasteiger charge is -2.24. The van der Waals surface area contributed by atoms with Crippen molar-refractivity contribution in [3.05, 3.63) is 21.1 Å². The third kappa shape index (κ3) is 5.06. The van der Waals surface area contributed by atoms with Gasteiger partial charge in [-0.25, -0.2) is 9.97 Å². The second-order valence-electron chi connectivity index (χ2n) is 6.90. The first-order chi connectivity index (χ1) is 14.3. The number of alkyl halides is 6. The van der Waals surface area contributed by atoms with Crippen LogP contribution in [0.1, 0.15) is 22.1 Å². The van der Waals surface area contributed by atoms with Crippen LogP contribution in [0.3, 0.4) is 0 Å². The van der Waals surface area contributed by atoms with Crippen molar-refractivity contribution in [3.8, 4) is 10.6 Å². The second kappa shape index (κ2) is 8.47. The average Bonchev–Trinajstić information content (AvgIpc) is 3.37. The fraction of sp³-hybridized carbons (Fsp3) is 0.529. The number of aryl methyl sites for hydroxylation is 1. The number of amides is 1. The Labute approximate surface area is 179 Å². The van der Waals surface area contributed by atoms with E-state index in [1.807, 2.05) is 0 Å². The molecule has 14 heteroatoms. The summed E-state index contributed by atoms with van der Waals surface area (Å²) in [6, 6.07) is -1.83. The first-order valence-corrected chi connectivity index (χ1v) is 10.5. The van der Waals surface area contributed by atoms with Gasteiger partial charge in [-0.2, -0.15) is 26.3 Å². The maximum Gasteiger partial charge on any atom is 0.471 e. The molecule has 2 atom stereocenters. The predicted molar refractivity (Wildman–Crippen MR) is 98.3 cm³/mol. The maximum absolute atomic E-state index is 13.1. The van der Waals surface area contributed by atoms with Crippen molar-refractivity contribution in [1.29, 1.82) is 0 Å². The van der Waals surface area contributed by atoms with E-state index in [4.69, 9.17) is 5.11 Å². The van der Waals surface area contributed by atoms with Gasteiger partial charge in [0.15, 0.2) is 5.78 Å². The molecule has 1 amide bonds. The van der Waals surface area contributed by atoms with Crippen LogP contribution in [0.25, 0.3) is 10.6 Å². The molecule has 1 N–H and O–H groups in total. The molecule has 170 valence electrons. The largest absolute Gasteiger partial charge is 0.471 e. The van der Waals surface area contributed by atoms with Crippen LogP contribution in [-0.2, 0) is 22.6 Å². The highest BCUT2D eigenvalue weighted by Gasteiger charge is 2.55. The van der Waals surface area contributed by atoms with Crippen LogP contribution in [0.4, 0.5) is 26.3 Å². The molecule has 1 fully saturated rings. The van der Waals surface area contributed by atoms with Gasteiger partial charge in [-0.15, -0.1) is 22.7 Å². The average molecular weight is 487 g/mol. The second-order valence-corrected chi connectivity index (χ2v) is 8.92. The molecular weight excluding hydrogens is 472 g/mol. The van der Waals surface area contributed by atoms with Gasteiger partial charge in [0.25, 0.3) is 0 Å². The van der Waals surface area contributed by atoms with E-state index in [-0.39, 0.29) is 16.5 Å². The molecule has 1 aliphatic heterocycles. The summed E-state index contributed by atoms with van der Waals surface area (Å²) in [6.45, 7) is 0.197. The van der Waals surface area contributed by atoms with Crippen LogP contribution in [-0.4, -0.2) is 56.6 Å². The van der Waals surface area contributed by atoms with Crippen LogP contribution in [0.15, 0.2) is 5.38 Å². The van der Waals surface area contributed by atoms with Gasteiger partial charge in [0.1, 0.15) is 10.0 Å². The van der Waals surface area contributed by atoms with Gasteiger partial charge in [0, 0.05) is 11.9 Å². The molecule has 3 rings (SSSR count). The topological polar surface area (TPSA) is 83.4 Å². The molecule has 0 spiro atoms. The molecule has 0 aromatic carbocycles. The summed E-state index contributed by atoms with van der Waals surface area (Å²) in [5.74, 6) is -5.62. The number of aliphatic hydroxyl groups is 1. The lowest BCUT2D eigenvalue weighted by atomic mass is 10.0. The molecular formula is C17H15F6N3O3S2. The number of thiazole rings is 2. The van der Waals surface area contributed by atoms with E-state index >= 15 is 0 Å². The van der Waals surface area contributed by atoms with Crippen molar-refractivity contribution in [2.24, 2.45) is 5.92 Å². The van der Waals surface area contributed by atoms with E-state index in [9.17, 15) is 35.9 Å². The lowest BCUT2D eigenvalue weighted by Crippen LogP contribution is -2.47. The summed E-state index contributed by atoms with van der Waals surface area (Å²) in [6.07, 6.45) is -11.6. The molecule has 3 heterocycles. The van der Waals surface area contributed by atoms with Gasteiger partial charge < -0.3 is 10.0 Å². The number of hydrogen-bond donors (Lipinski definition) is 1. The molecule has 2 aromatic heterocycles. The highest BCUT2D eigenvalue weighted by molar-refractivity contribution is 7.16. The first-order valence-electron chi connectivity index (χ1n) is 8.80. The highest BCUT2D eigenvalue weighted by atomic mass is 32.1. The number of likely N-dealkylation sites (tertiary alicyclic amines) is 1. The summed E-state index contributed by atoms with van der Waals surface area (Å²) in [7, 11) is 0. The number of carbonyl (C=O) groups excluding carboxylic acids is 2. The number of halogens is 6. The van der Waals surface area contributed by atoms with Crippen molar-refractivity contribution < 1.29 is 41.0 Å². The number of aliphatic hydroxyl groups excluding tert-OH is 1. The standard InChI is InChI=1S/C17H15F6N3O3S2/c1-7-14(31-13(5-27)24-7)9-6-30-12(25-9)3-11(28)10-2-8(16(18,19)20)4-26(10)15(29)17(21,22)23/h6,8,10,27H,2-5H2,1H3/t8-,10?/m0/s1. The van der Waals surface area contributed by atoms with E-state index in [0.29, 0.717) is 21.3 Å². The molecule has 31 heavy (non-hydrogen) atoms. The number of ketones is 1. The Bertz CT molecular complexity index is 985. The SMILES string of the molecule is Cc1nc(CO)sc1-c1csc(CC(=O)C2C[C@H](C(F)(F)F)CN2C(=O)C(F)(F)F)n1. The van der Waals surface area contributed by atoms with Crippen molar-refractivity contribution in [1.82, 2.24) is 14.9 Å². The van der Waals surface area contributed by atoms with Crippen molar-refractivity contribution >= 4 is 34.4 Å². The minimum absolute atomic E-state index is 0.0319. The Kier molecular flexibility index (Phi) is 6.45.